The van der Waals surface area contributed by atoms with Gasteiger partial charge in [0.15, 0.2) is 11.6 Å². The van der Waals surface area contributed by atoms with Gasteiger partial charge in [-0.3, -0.25) is 14.6 Å². The average molecular weight is 438 g/mol. The van der Waals surface area contributed by atoms with Crippen LogP contribution < -0.4 is 4.90 Å². The number of anilines is 1. The van der Waals surface area contributed by atoms with E-state index in [1.165, 1.54) is 17.5 Å². The molecule has 0 radical (unpaired) electrons. The molecule has 5 heterocycles. The highest BCUT2D eigenvalue weighted by molar-refractivity contribution is 5.79. The molecule has 5 rings (SSSR count). The van der Waals surface area contributed by atoms with Crippen molar-refractivity contribution in [3.05, 3.63) is 54.1 Å². The molecule has 0 spiro atoms. The lowest BCUT2D eigenvalue weighted by Gasteiger charge is -2.34. The van der Waals surface area contributed by atoms with E-state index in [0.29, 0.717) is 32.5 Å². The molecule has 1 atom stereocenters. The number of hydrogen-bond acceptors (Lipinski definition) is 8. The highest BCUT2D eigenvalue weighted by Crippen LogP contribution is 2.34. The van der Waals surface area contributed by atoms with E-state index in [1.807, 2.05) is 24.0 Å². The second-order valence-electron chi connectivity index (χ2n) is 8.00. The molecule has 0 aromatic carbocycles. The first-order chi connectivity index (χ1) is 15.6. The number of piperidine rings is 1. The van der Waals surface area contributed by atoms with Gasteiger partial charge in [-0.05, 0) is 31.4 Å². The van der Waals surface area contributed by atoms with Crippen LogP contribution >= 0.6 is 0 Å². The summed E-state index contributed by atoms with van der Waals surface area (Å²) in [6.07, 6.45) is 7.73. The summed E-state index contributed by atoms with van der Waals surface area (Å²) in [5, 5.41) is 1.51. The van der Waals surface area contributed by atoms with Gasteiger partial charge in [0.2, 0.25) is 11.7 Å². The molecule has 10 heteroatoms. The van der Waals surface area contributed by atoms with Crippen molar-refractivity contribution >= 4 is 11.7 Å². The number of hydrogen-bond donors (Lipinski definition) is 0. The van der Waals surface area contributed by atoms with Crippen LogP contribution in [0.5, 0.6) is 0 Å². The van der Waals surface area contributed by atoms with Crippen molar-refractivity contribution in [3.8, 4) is 11.7 Å². The van der Waals surface area contributed by atoms with Gasteiger partial charge >= 0.3 is 0 Å². The lowest BCUT2D eigenvalue weighted by molar-refractivity contribution is -0.182. The maximum Gasteiger partial charge on any atom is 0.264 e. The summed E-state index contributed by atoms with van der Waals surface area (Å²) in [5.41, 5.74) is 1.90. The quantitative estimate of drug-likeness (QED) is 0.613. The third-order valence-corrected chi connectivity index (χ3v) is 5.93. The van der Waals surface area contributed by atoms with Crippen LogP contribution in [0, 0.1) is 18.7 Å². The van der Waals surface area contributed by atoms with E-state index in [9.17, 15) is 9.18 Å². The standard InChI is InChI=1S/C22H23FN6O3/c1-14-2-3-16(12-25-14)18-6-10-32-29(18)22(30)15-4-8-28(9-5-15)20-17(23)13-26-19(27-20)21-24-7-11-31-21/h2-3,7,11-13,15,18H,4-6,8-10H2,1H3/t18-/m0/s1. The van der Waals surface area contributed by atoms with Crippen molar-refractivity contribution < 1.29 is 18.4 Å². The number of aromatic nitrogens is 4. The van der Waals surface area contributed by atoms with Crippen molar-refractivity contribution in [2.45, 2.75) is 32.2 Å². The van der Waals surface area contributed by atoms with Crippen LogP contribution in [0.2, 0.25) is 0 Å². The number of amides is 1. The summed E-state index contributed by atoms with van der Waals surface area (Å²) in [4.78, 5) is 37.4. The molecule has 2 saturated heterocycles. The molecule has 32 heavy (non-hydrogen) atoms. The van der Waals surface area contributed by atoms with Gasteiger partial charge in [0, 0.05) is 37.3 Å². The van der Waals surface area contributed by atoms with Crippen molar-refractivity contribution in [1.82, 2.24) is 25.0 Å². The van der Waals surface area contributed by atoms with Crippen LogP contribution in [0.15, 0.2) is 41.4 Å². The van der Waals surface area contributed by atoms with Gasteiger partial charge in [0.1, 0.15) is 6.26 Å². The lowest BCUT2D eigenvalue weighted by atomic mass is 9.94. The molecule has 0 aliphatic carbocycles. The molecule has 1 amide bonds. The highest BCUT2D eigenvalue weighted by Gasteiger charge is 2.37. The van der Waals surface area contributed by atoms with Crippen LogP contribution in [0.1, 0.15) is 36.6 Å². The molecular formula is C22H23FN6O3. The Bertz CT molecular complexity index is 1080. The predicted octanol–water partition coefficient (Wildman–Crippen LogP) is 3.10. The van der Waals surface area contributed by atoms with Crippen molar-refractivity contribution in [1.29, 1.82) is 0 Å². The van der Waals surface area contributed by atoms with Crippen molar-refractivity contribution in [2.75, 3.05) is 24.6 Å². The summed E-state index contributed by atoms with van der Waals surface area (Å²) in [6.45, 7) is 3.43. The Labute approximate surface area is 184 Å². The Hall–Kier alpha value is -3.40. The topological polar surface area (TPSA) is 97.5 Å². The fourth-order valence-corrected chi connectivity index (χ4v) is 4.20. The van der Waals surface area contributed by atoms with Crippen LogP contribution in [-0.2, 0) is 9.63 Å². The van der Waals surface area contributed by atoms with Crippen LogP contribution in [0.25, 0.3) is 11.7 Å². The van der Waals surface area contributed by atoms with E-state index in [1.54, 1.807) is 6.20 Å². The number of hydroxylamine groups is 2. The molecule has 3 aromatic rings. The molecular weight excluding hydrogens is 415 g/mol. The van der Waals surface area contributed by atoms with Gasteiger partial charge in [0.25, 0.3) is 5.89 Å². The first-order valence-corrected chi connectivity index (χ1v) is 10.7. The summed E-state index contributed by atoms with van der Waals surface area (Å²) >= 11 is 0. The lowest BCUT2D eigenvalue weighted by Crippen LogP contribution is -2.42. The van der Waals surface area contributed by atoms with Gasteiger partial charge in [0.05, 0.1) is 25.0 Å². The molecule has 3 aromatic heterocycles. The monoisotopic (exact) mass is 438 g/mol. The van der Waals surface area contributed by atoms with Crippen LogP contribution in [-0.4, -0.2) is 50.6 Å². The van der Waals surface area contributed by atoms with Gasteiger partial charge in [-0.1, -0.05) is 6.07 Å². The number of oxazole rings is 1. The van der Waals surface area contributed by atoms with E-state index in [4.69, 9.17) is 9.25 Å². The molecule has 2 aliphatic heterocycles. The molecule has 2 aliphatic rings. The third kappa shape index (κ3) is 3.93. The van der Waals surface area contributed by atoms with E-state index >= 15 is 0 Å². The maximum atomic E-state index is 14.4. The summed E-state index contributed by atoms with van der Waals surface area (Å²) in [5.74, 6) is -0.0819. The molecule has 166 valence electrons. The largest absolute Gasteiger partial charge is 0.442 e. The maximum absolute atomic E-state index is 14.4. The molecule has 0 N–H and O–H groups in total. The zero-order chi connectivity index (χ0) is 22.1. The molecule has 0 bridgehead atoms. The summed E-state index contributed by atoms with van der Waals surface area (Å²) < 4.78 is 19.7. The zero-order valence-corrected chi connectivity index (χ0v) is 17.6. The Morgan fingerprint density at radius 3 is 2.69 bits per heavy atom. The number of halogens is 1. The minimum atomic E-state index is -0.514. The second kappa shape index (κ2) is 8.62. The van der Waals surface area contributed by atoms with Crippen molar-refractivity contribution in [3.63, 3.8) is 0 Å². The van der Waals surface area contributed by atoms with Gasteiger partial charge in [-0.2, -0.15) is 0 Å². The smallest absolute Gasteiger partial charge is 0.264 e. The molecule has 0 unspecified atom stereocenters. The fraction of sp³-hybridized carbons (Fsp3) is 0.409. The third-order valence-electron chi connectivity index (χ3n) is 5.93. The van der Waals surface area contributed by atoms with E-state index in [2.05, 4.69) is 19.9 Å². The van der Waals surface area contributed by atoms with Gasteiger partial charge in [-0.25, -0.2) is 24.4 Å². The number of rotatable bonds is 4. The summed E-state index contributed by atoms with van der Waals surface area (Å²) in [7, 11) is 0. The Balaban J connectivity index is 1.26. The van der Waals surface area contributed by atoms with E-state index in [0.717, 1.165) is 23.9 Å². The minimum absolute atomic E-state index is 0.0311. The van der Waals surface area contributed by atoms with Crippen LogP contribution in [0.4, 0.5) is 10.2 Å². The van der Waals surface area contributed by atoms with E-state index in [-0.39, 0.29) is 35.4 Å². The number of carbonyl (C=O) groups is 1. The zero-order valence-electron chi connectivity index (χ0n) is 17.6. The molecule has 0 saturated carbocycles. The Kier molecular flexibility index (Phi) is 5.52. The number of nitrogens with zero attached hydrogens (tertiary/aromatic N) is 6. The Morgan fingerprint density at radius 2 is 1.97 bits per heavy atom. The molecule has 2 fully saturated rings. The SMILES string of the molecule is Cc1ccc([C@@H]2CCON2C(=O)C2CCN(c3nc(-c4ncco4)ncc3F)CC2)cn1. The average Bonchev–Trinajstić information content (AvgIpc) is 3.52. The first kappa shape index (κ1) is 20.5. The minimum Gasteiger partial charge on any atom is -0.442 e. The van der Waals surface area contributed by atoms with Gasteiger partial charge < -0.3 is 9.32 Å². The number of aryl methyl sites for hydroxylation is 1. The summed E-state index contributed by atoms with van der Waals surface area (Å²) in [6, 6.07) is 3.81. The van der Waals surface area contributed by atoms with Crippen LogP contribution in [0.3, 0.4) is 0 Å². The van der Waals surface area contributed by atoms with E-state index < -0.39 is 5.82 Å². The Morgan fingerprint density at radius 1 is 1.12 bits per heavy atom. The predicted molar refractivity (Wildman–Crippen MR) is 112 cm³/mol. The van der Waals surface area contributed by atoms with Gasteiger partial charge in [-0.15, -0.1) is 0 Å². The molecule has 9 nitrogen and oxygen atoms in total. The number of pyridine rings is 1. The van der Waals surface area contributed by atoms with Crippen molar-refractivity contribution in [2.24, 2.45) is 5.92 Å². The normalized spacial score (nSPS) is 19.5. The number of carbonyl (C=O) groups excluding carboxylic acids is 1. The second-order valence-corrected chi connectivity index (χ2v) is 8.00. The fourth-order valence-electron chi connectivity index (χ4n) is 4.20. The highest BCUT2D eigenvalue weighted by atomic mass is 19.1. The first-order valence-electron chi connectivity index (χ1n) is 10.7.